The SMILES string of the molecule is Cc1ccc(-c2noc(CN3CCN(C(=O)C(C)Oc4ccc(Cl)cc4)CC3)n2)cc1. The molecule has 1 aliphatic heterocycles. The Kier molecular flexibility index (Phi) is 6.53. The van der Waals surface area contributed by atoms with Gasteiger partial charge in [0, 0.05) is 36.8 Å². The second kappa shape index (κ2) is 9.49. The molecule has 8 heteroatoms. The Hall–Kier alpha value is -2.90. The summed E-state index contributed by atoms with van der Waals surface area (Å²) in [5.41, 5.74) is 2.12. The van der Waals surface area contributed by atoms with E-state index in [0.717, 1.165) is 18.7 Å². The Balaban J connectivity index is 1.27. The Morgan fingerprint density at radius 3 is 2.45 bits per heavy atom. The summed E-state index contributed by atoms with van der Waals surface area (Å²) in [6.07, 6.45) is -0.555. The summed E-state index contributed by atoms with van der Waals surface area (Å²) in [6.45, 7) is 7.12. The van der Waals surface area contributed by atoms with Crippen LogP contribution in [0.25, 0.3) is 11.4 Å². The normalized spacial score (nSPS) is 15.6. The standard InChI is InChI=1S/C23H25ClN4O3/c1-16-3-5-18(6-4-16)22-25-21(31-26-22)15-27-11-13-28(14-12-27)23(29)17(2)30-20-9-7-19(24)8-10-20/h3-10,17H,11-15H2,1-2H3. The number of carbonyl (C=O) groups excluding carboxylic acids is 1. The molecule has 4 rings (SSSR count). The lowest BCUT2D eigenvalue weighted by atomic mass is 10.1. The predicted molar refractivity (Wildman–Crippen MR) is 118 cm³/mol. The van der Waals surface area contributed by atoms with E-state index < -0.39 is 6.10 Å². The average molecular weight is 441 g/mol. The van der Waals surface area contributed by atoms with Gasteiger partial charge in [-0.25, -0.2) is 0 Å². The van der Waals surface area contributed by atoms with Crippen LogP contribution in [0.15, 0.2) is 53.1 Å². The van der Waals surface area contributed by atoms with Gasteiger partial charge in [0.2, 0.25) is 11.7 Å². The first-order valence-corrected chi connectivity index (χ1v) is 10.7. The molecule has 0 aliphatic carbocycles. The van der Waals surface area contributed by atoms with Crippen molar-refractivity contribution < 1.29 is 14.1 Å². The van der Waals surface area contributed by atoms with Crippen molar-refractivity contribution in [1.29, 1.82) is 0 Å². The number of aryl methyl sites for hydroxylation is 1. The largest absolute Gasteiger partial charge is 0.481 e. The minimum absolute atomic E-state index is 0.0194. The van der Waals surface area contributed by atoms with Crippen molar-refractivity contribution in [1.82, 2.24) is 19.9 Å². The number of carbonyl (C=O) groups is 1. The summed E-state index contributed by atoms with van der Waals surface area (Å²) < 4.78 is 11.2. The Morgan fingerprint density at radius 2 is 1.77 bits per heavy atom. The highest BCUT2D eigenvalue weighted by molar-refractivity contribution is 6.30. The quantitative estimate of drug-likeness (QED) is 0.580. The summed E-state index contributed by atoms with van der Waals surface area (Å²) in [4.78, 5) is 21.3. The number of hydrogen-bond acceptors (Lipinski definition) is 6. The van der Waals surface area contributed by atoms with Gasteiger partial charge in [-0.2, -0.15) is 4.98 Å². The second-order valence-electron chi connectivity index (χ2n) is 7.69. The molecule has 1 amide bonds. The third-order valence-electron chi connectivity index (χ3n) is 5.29. The third-order valence-corrected chi connectivity index (χ3v) is 5.55. The van der Waals surface area contributed by atoms with Gasteiger partial charge in [-0.3, -0.25) is 9.69 Å². The summed E-state index contributed by atoms with van der Waals surface area (Å²) in [5, 5.41) is 4.73. The lowest BCUT2D eigenvalue weighted by molar-refractivity contribution is -0.139. The minimum atomic E-state index is -0.555. The number of rotatable bonds is 6. The molecular formula is C23H25ClN4O3. The van der Waals surface area contributed by atoms with E-state index in [0.29, 0.717) is 42.1 Å². The molecule has 1 saturated heterocycles. The summed E-state index contributed by atoms with van der Waals surface area (Å²) in [6, 6.07) is 15.0. The van der Waals surface area contributed by atoms with E-state index in [1.807, 2.05) is 36.1 Å². The average Bonchev–Trinajstić information content (AvgIpc) is 3.24. The summed E-state index contributed by atoms with van der Waals surface area (Å²) in [5.74, 6) is 1.78. The molecule has 1 atom stereocenters. The van der Waals surface area contributed by atoms with Gasteiger partial charge >= 0.3 is 0 Å². The molecule has 1 aromatic heterocycles. The fourth-order valence-corrected chi connectivity index (χ4v) is 3.61. The van der Waals surface area contributed by atoms with Gasteiger partial charge in [0.15, 0.2) is 6.10 Å². The number of nitrogens with zero attached hydrogens (tertiary/aromatic N) is 4. The fourth-order valence-electron chi connectivity index (χ4n) is 3.48. The Bertz CT molecular complexity index is 1010. The highest BCUT2D eigenvalue weighted by atomic mass is 35.5. The molecule has 1 aliphatic rings. The van der Waals surface area contributed by atoms with Gasteiger partial charge in [0.05, 0.1) is 6.54 Å². The summed E-state index contributed by atoms with van der Waals surface area (Å²) in [7, 11) is 0. The Labute approximate surface area is 186 Å². The zero-order valence-corrected chi connectivity index (χ0v) is 18.4. The highest BCUT2D eigenvalue weighted by Gasteiger charge is 2.27. The molecular weight excluding hydrogens is 416 g/mol. The zero-order valence-electron chi connectivity index (χ0n) is 17.6. The second-order valence-corrected chi connectivity index (χ2v) is 8.13. The van der Waals surface area contributed by atoms with Crippen LogP contribution in [-0.2, 0) is 11.3 Å². The molecule has 31 heavy (non-hydrogen) atoms. The molecule has 2 aromatic carbocycles. The lowest BCUT2D eigenvalue weighted by Gasteiger charge is -2.35. The molecule has 162 valence electrons. The number of halogens is 1. The molecule has 0 saturated carbocycles. The maximum Gasteiger partial charge on any atom is 0.263 e. The van der Waals surface area contributed by atoms with Crippen molar-refractivity contribution in [3.8, 4) is 17.1 Å². The van der Waals surface area contributed by atoms with E-state index in [1.54, 1.807) is 31.2 Å². The predicted octanol–water partition coefficient (Wildman–Crippen LogP) is 3.81. The first-order chi connectivity index (χ1) is 15.0. The molecule has 3 aromatic rings. The zero-order chi connectivity index (χ0) is 21.8. The molecule has 1 unspecified atom stereocenters. The van der Waals surface area contributed by atoms with Crippen LogP contribution in [0, 0.1) is 6.92 Å². The van der Waals surface area contributed by atoms with Crippen molar-refractivity contribution in [3.05, 3.63) is 65.0 Å². The van der Waals surface area contributed by atoms with E-state index in [1.165, 1.54) is 5.56 Å². The van der Waals surface area contributed by atoms with Crippen LogP contribution < -0.4 is 4.74 Å². The minimum Gasteiger partial charge on any atom is -0.481 e. The lowest BCUT2D eigenvalue weighted by Crippen LogP contribution is -2.51. The fraction of sp³-hybridized carbons (Fsp3) is 0.348. The van der Waals surface area contributed by atoms with E-state index in [2.05, 4.69) is 15.0 Å². The van der Waals surface area contributed by atoms with Crippen molar-refractivity contribution >= 4 is 17.5 Å². The van der Waals surface area contributed by atoms with E-state index in [9.17, 15) is 4.79 Å². The van der Waals surface area contributed by atoms with E-state index in [-0.39, 0.29) is 5.91 Å². The number of piperazine rings is 1. The number of amides is 1. The van der Waals surface area contributed by atoms with Crippen LogP contribution in [0.1, 0.15) is 18.4 Å². The maximum absolute atomic E-state index is 12.7. The first-order valence-electron chi connectivity index (χ1n) is 10.3. The van der Waals surface area contributed by atoms with Crippen LogP contribution in [-0.4, -0.2) is 58.1 Å². The van der Waals surface area contributed by atoms with Crippen molar-refractivity contribution in [2.45, 2.75) is 26.5 Å². The monoisotopic (exact) mass is 440 g/mol. The number of ether oxygens (including phenoxy) is 1. The van der Waals surface area contributed by atoms with Gasteiger partial charge in [-0.05, 0) is 38.1 Å². The van der Waals surface area contributed by atoms with Gasteiger partial charge < -0.3 is 14.2 Å². The first kappa shape index (κ1) is 21.3. The highest BCUT2D eigenvalue weighted by Crippen LogP contribution is 2.19. The number of aromatic nitrogens is 2. The third kappa shape index (κ3) is 5.42. The van der Waals surface area contributed by atoms with Crippen LogP contribution >= 0.6 is 11.6 Å². The van der Waals surface area contributed by atoms with Gasteiger partial charge in [0.25, 0.3) is 5.91 Å². The Morgan fingerprint density at radius 1 is 1.10 bits per heavy atom. The van der Waals surface area contributed by atoms with Crippen LogP contribution in [0.2, 0.25) is 5.02 Å². The van der Waals surface area contributed by atoms with Gasteiger partial charge in [-0.1, -0.05) is 46.6 Å². The van der Waals surface area contributed by atoms with Crippen molar-refractivity contribution in [2.24, 2.45) is 0 Å². The van der Waals surface area contributed by atoms with Gasteiger partial charge in [0.1, 0.15) is 5.75 Å². The number of hydrogen-bond donors (Lipinski definition) is 0. The maximum atomic E-state index is 12.7. The van der Waals surface area contributed by atoms with Crippen molar-refractivity contribution in [3.63, 3.8) is 0 Å². The van der Waals surface area contributed by atoms with Crippen LogP contribution in [0.3, 0.4) is 0 Å². The molecule has 1 fully saturated rings. The topological polar surface area (TPSA) is 71.7 Å². The van der Waals surface area contributed by atoms with E-state index >= 15 is 0 Å². The summed E-state index contributed by atoms with van der Waals surface area (Å²) >= 11 is 5.89. The van der Waals surface area contributed by atoms with Crippen LogP contribution in [0.5, 0.6) is 5.75 Å². The molecule has 0 spiro atoms. The van der Waals surface area contributed by atoms with Crippen LogP contribution in [0.4, 0.5) is 0 Å². The molecule has 0 N–H and O–H groups in total. The molecule has 0 bridgehead atoms. The molecule has 2 heterocycles. The van der Waals surface area contributed by atoms with Crippen molar-refractivity contribution in [2.75, 3.05) is 26.2 Å². The number of benzene rings is 2. The van der Waals surface area contributed by atoms with Gasteiger partial charge in [-0.15, -0.1) is 0 Å². The smallest absolute Gasteiger partial charge is 0.263 e. The molecule has 7 nitrogen and oxygen atoms in total. The molecule has 0 radical (unpaired) electrons. The van der Waals surface area contributed by atoms with E-state index in [4.69, 9.17) is 20.9 Å².